The van der Waals surface area contributed by atoms with Crippen molar-refractivity contribution in [3.63, 3.8) is 0 Å². The summed E-state index contributed by atoms with van der Waals surface area (Å²) in [6.45, 7) is 0. The summed E-state index contributed by atoms with van der Waals surface area (Å²) in [6, 6.07) is 32.9. The zero-order valence-electron chi connectivity index (χ0n) is 25.3. The van der Waals surface area contributed by atoms with E-state index in [0.29, 0.717) is 23.2 Å². The van der Waals surface area contributed by atoms with Crippen LogP contribution < -0.4 is 4.90 Å². The molecule has 232 valence electrons. The van der Waals surface area contributed by atoms with Crippen molar-refractivity contribution < 1.29 is 24.3 Å². The van der Waals surface area contributed by atoms with Crippen LogP contribution >= 0.6 is 22.6 Å². The molecule has 0 radical (unpaired) electrons. The fraction of sp³-hybridized carbons (Fsp3) is 0.200. The Bertz CT molecular complexity index is 2000. The lowest BCUT2D eigenvalue weighted by molar-refractivity contribution is -0.135. The topological polar surface area (TPSA) is 91.8 Å². The van der Waals surface area contributed by atoms with Crippen molar-refractivity contribution in [2.45, 2.75) is 24.2 Å². The zero-order chi connectivity index (χ0) is 32.4. The summed E-state index contributed by atoms with van der Waals surface area (Å²) >= 11 is 2.19. The van der Waals surface area contributed by atoms with Gasteiger partial charge in [0.25, 0.3) is 0 Å². The molecule has 6 unspecified atom stereocenters. The predicted molar refractivity (Wildman–Crippen MR) is 186 cm³/mol. The van der Waals surface area contributed by atoms with Crippen molar-refractivity contribution in [1.82, 2.24) is 0 Å². The third-order valence-electron chi connectivity index (χ3n) is 10.7. The second-order valence-corrected chi connectivity index (χ2v) is 14.1. The minimum Gasteiger partial charge on any atom is -0.508 e. The summed E-state index contributed by atoms with van der Waals surface area (Å²) in [4.78, 5) is 59.5. The molecule has 1 saturated carbocycles. The first-order chi connectivity index (χ1) is 22.8. The molecule has 1 saturated heterocycles. The number of ketones is 2. The average molecular weight is 732 g/mol. The summed E-state index contributed by atoms with van der Waals surface area (Å²) in [6.07, 6.45) is 4.19. The molecule has 1 aliphatic heterocycles. The quantitative estimate of drug-likeness (QED) is 0.138. The zero-order valence-corrected chi connectivity index (χ0v) is 27.4. The third-order valence-corrected chi connectivity index (χ3v) is 11.4. The average Bonchev–Trinajstić information content (AvgIpc) is 3.36. The normalized spacial score (nSPS) is 28.3. The van der Waals surface area contributed by atoms with Crippen molar-refractivity contribution in [3.05, 3.63) is 147 Å². The van der Waals surface area contributed by atoms with Crippen molar-refractivity contribution in [1.29, 1.82) is 0 Å². The summed E-state index contributed by atoms with van der Waals surface area (Å²) in [5.41, 5.74) is 2.71. The number of aromatic hydroxyl groups is 1. The van der Waals surface area contributed by atoms with Gasteiger partial charge in [0.1, 0.15) is 5.75 Å². The predicted octanol–water partition coefficient (Wildman–Crippen LogP) is 7.03. The number of allylic oxidation sites excluding steroid dienone is 4. The maximum Gasteiger partial charge on any atom is 0.238 e. The Morgan fingerprint density at radius 2 is 1.40 bits per heavy atom. The summed E-state index contributed by atoms with van der Waals surface area (Å²) < 4.78 is 0.996. The van der Waals surface area contributed by atoms with Gasteiger partial charge in [-0.15, -0.1) is 0 Å². The summed E-state index contributed by atoms with van der Waals surface area (Å²) in [7, 11) is 0. The number of carbonyl (C=O) groups is 4. The molecule has 6 nitrogen and oxygen atoms in total. The highest BCUT2D eigenvalue weighted by Crippen LogP contribution is 2.63. The second kappa shape index (κ2) is 11.3. The smallest absolute Gasteiger partial charge is 0.238 e. The molecule has 4 aromatic carbocycles. The van der Waals surface area contributed by atoms with E-state index in [1.165, 1.54) is 11.0 Å². The second-order valence-electron chi connectivity index (χ2n) is 12.9. The molecule has 4 aromatic rings. The third kappa shape index (κ3) is 4.43. The van der Waals surface area contributed by atoms with Crippen molar-refractivity contribution in [2.75, 3.05) is 4.90 Å². The van der Waals surface area contributed by atoms with E-state index in [9.17, 15) is 24.3 Å². The molecular formula is C40H30INO5. The number of imide groups is 1. The lowest BCUT2D eigenvalue weighted by Crippen LogP contribution is -2.58. The Balaban J connectivity index is 1.35. The van der Waals surface area contributed by atoms with Crippen LogP contribution in [0.3, 0.4) is 0 Å². The number of amides is 2. The molecule has 2 fully saturated rings. The number of hydrogen-bond acceptors (Lipinski definition) is 5. The lowest BCUT2D eigenvalue weighted by atomic mass is 9.44. The number of carbonyl (C=O) groups excluding carboxylic acids is 4. The van der Waals surface area contributed by atoms with Crippen LogP contribution in [0.5, 0.6) is 5.75 Å². The molecule has 6 atom stereocenters. The fourth-order valence-electron chi connectivity index (χ4n) is 8.76. The number of phenols is 1. The number of fused-ring (bicyclic) bond motifs is 4. The first-order valence-electron chi connectivity index (χ1n) is 15.8. The summed E-state index contributed by atoms with van der Waals surface area (Å²) in [5, 5.41) is 10.3. The van der Waals surface area contributed by atoms with E-state index in [4.69, 9.17) is 0 Å². The SMILES string of the molecule is O=C1C(c2ccccc2)=CC(=O)C2(c3ccccc3)C1CC1C(=CCC3C(=O)N(c4ccc(I)cc4)C(=O)C31)C2c1ccc(O)cc1. The highest BCUT2D eigenvalue weighted by molar-refractivity contribution is 14.1. The van der Waals surface area contributed by atoms with E-state index in [2.05, 4.69) is 28.7 Å². The van der Waals surface area contributed by atoms with E-state index in [-0.39, 0.29) is 35.6 Å². The van der Waals surface area contributed by atoms with Gasteiger partial charge in [-0.25, -0.2) is 0 Å². The molecule has 4 aliphatic rings. The number of nitrogens with zero attached hydrogens (tertiary/aromatic N) is 1. The number of Topliss-reactive ketones (excluding diaryl/α,β-unsaturated/α-hetero) is 1. The standard InChI is InChI=1S/C40H30INO5/c41-26-13-15-27(16-14-26)42-38(46)30-20-19-29-32(35(30)39(42)47)21-33-37(45)31(23-7-3-1-4-8-23)22-34(44)40(33,25-9-5-2-6-10-25)36(29)24-11-17-28(43)18-12-24/h1-19,22,30,32-33,35-36,43H,20-21H2. The van der Waals surface area contributed by atoms with Crippen LogP contribution in [-0.2, 0) is 24.6 Å². The van der Waals surface area contributed by atoms with Crippen LogP contribution in [0.1, 0.15) is 35.4 Å². The summed E-state index contributed by atoms with van der Waals surface area (Å²) in [5.74, 6) is -3.77. The van der Waals surface area contributed by atoms with Gasteiger partial charge >= 0.3 is 0 Å². The maximum absolute atomic E-state index is 15.0. The van der Waals surface area contributed by atoms with Gasteiger partial charge in [0.15, 0.2) is 11.6 Å². The monoisotopic (exact) mass is 731 g/mol. The van der Waals surface area contributed by atoms with Crippen LogP contribution in [-0.4, -0.2) is 28.5 Å². The number of halogens is 1. The van der Waals surface area contributed by atoms with Crippen molar-refractivity contribution in [2.24, 2.45) is 23.7 Å². The van der Waals surface area contributed by atoms with Gasteiger partial charge in [-0.1, -0.05) is 84.4 Å². The van der Waals surface area contributed by atoms with Gasteiger partial charge in [-0.05, 0) is 101 Å². The molecule has 47 heavy (non-hydrogen) atoms. The molecule has 1 N–H and O–H groups in total. The molecule has 2 amide bonds. The number of anilines is 1. The highest BCUT2D eigenvalue weighted by atomic mass is 127. The van der Waals surface area contributed by atoms with Crippen LogP contribution in [0.2, 0.25) is 0 Å². The molecular weight excluding hydrogens is 701 g/mol. The van der Waals surface area contributed by atoms with Gasteiger partial charge in [0.05, 0.1) is 22.9 Å². The van der Waals surface area contributed by atoms with Crippen molar-refractivity contribution >= 4 is 57.2 Å². The Kier molecular flexibility index (Phi) is 7.13. The molecule has 8 rings (SSSR count). The molecule has 1 heterocycles. The van der Waals surface area contributed by atoms with Crippen molar-refractivity contribution in [3.8, 4) is 5.75 Å². The van der Waals surface area contributed by atoms with E-state index in [0.717, 1.165) is 20.3 Å². The van der Waals surface area contributed by atoms with Crippen LogP contribution in [0.4, 0.5) is 5.69 Å². The Hall–Kier alpha value is -4.63. The number of hydrogen-bond donors (Lipinski definition) is 1. The Morgan fingerprint density at radius 1 is 0.745 bits per heavy atom. The van der Waals surface area contributed by atoms with Gasteiger partial charge in [0.2, 0.25) is 11.8 Å². The minimum atomic E-state index is -1.29. The molecule has 0 bridgehead atoms. The number of benzene rings is 4. The first kappa shape index (κ1) is 29.8. The number of phenolic OH excluding ortho intramolecular Hbond substituents is 1. The largest absolute Gasteiger partial charge is 0.508 e. The van der Waals surface area contributed by atoms with Crippen LogP contribution in [0, 0.1) is 27.2 Å². The van der Waals surface area contributed by atoms with E-state index >= 15 is 0 Å². The minimum absolute atomic E-state index is 0.0890. The van der Waals surface area contributed by atoms with Gasteiger partial charge in [-0.3, -0.25) is 24.1 Å². The van der Waals surface area contributed by atoms with E-state index < -0.39 is 35.0 Å². The lowest BCUT2D eigenvalue weighted by Gasteiger charge is -2.55. The molecule has 7 heteroatoms. The first-order valence-corrected chi connectivity index (χ1v) is 16.9. The van der Waals surface area contributed by atoms with Gasteiger partial charge < -0.3 is 5.11 Å². The van der Waals surface area contributed by atoms with Gasteiger partial charge in [-0.2, -0.15) is 0 Å². The Morgan fingerprint density at radius 3 is 2.09 bits per heavy atom. The number of rotatable bonds is 4. The fourth-order valence-corrected chi connectivity index (χ4v) is 9.12. The Labute approximate surface area is 286 Å². The maximum atomic E-state index is 15.0. The van der Waals surface area contributed by atoms with Crippen LogP contribution in [0.25, 0.3) is 5.57 Å². The molecule has 3 aliphatic carbocycles. The van der Waals surface area contributed by atoms with Crippen LogP contribution in [0.15, 0.2) is 127 Å². The van der Waals surface area contributed by atoms with E-state index in [1.54, 1.807) is 24.3 Å². The molecule has 0 spiro atoms. The highest BCUT2D eigenvalue weighted by Gasteiger charge is 2.66. The molecule has 0 aromatic heterocycles. The van der Waals surface area contributed by atoms with E-state index in [1.807, 2.05) is 84.9 Å². The van der Waals surface area contributed by atoms with Gasteiger partial charge in [0, 0.05) is 21.0 Å².